The van der Waals surface area contributed by atoms with E-state index in [4.69, 9.17) is 4.98 Å². The minimum absolute atomic E-state index is 0.246. The van der Waals surface area contributed by atoms with Crippen LogP contribution in [0, 0.1) is 11.0 Å². The molecule has 0 aliphatic carbocycles. The maximum Gasteiger partial charge on any atom is 0.177 e. The third kappa shape index (κ3) is 4.20. The topological polar surface area (TPSA) is 95.2 Å². The molecular weight excluding hydrogens is 485 g/mol. The maximum absolute atomic E-state index is 13.7. The number of benzene rings is 1. The Morgan fingerprint density at radius 2 is 1.86 bits per heavy atom. The number of aromatic nitrogens is 6. The smallest absolute Gasteiger partial charge is 0.177 e. The van der Waals surface area contributed by atoms with Gasteiger partial charge in [-0.15, -0.1) is 11.3 Å². The third-order valence-corrected chi connectivity index (χ3v) is 7.99. The number of pyridine rings is 2. The highest BCUT2D eigenvalue weighted by Crippen LogP contribution is 2.34. The quantitative estimate of drug-likeness (QED) is 0.266. The fourth-order valence-electron chi connectivity index (χ4n) is 5.22. The molecule has 6 heterocycles. The molecule has 0 bridgehead atoms. The zero-order valence-corrected chi connectivity index (χ0v) is 20.8. The van der Waals surface area contributed by atoms with Gasteiger partial charge < -0.3 is 10.3 Å². The molecule has 0 spiro atoms. The van der Waals surface area contributed by atoms with Gasteiger partial charge in [0.2, 0.25) is 0 Å². The molecule has 5 aromatic heterocycles. The Morgan fingerprint density at radius 3 is 2.73 bits per heavy atom. The van der Waals surface area contributed by atoms with Gasteiger partial charge in [-0.3, -0.25) is 15.1 Å². The summed E-state index contributed by atoms with van der Waals surface area (Å²) in [6.07, 6.45) is 9.11. The number of fused-ring (bicyclic) bond motifs is 2. The third-order valence-electron chi connectivity index (χ3n) is 7.11. The molecule has 0 saturated carbocycles. The highest BCUT2D eigenvalue weighted by atomic mass is 32.1. The summed E-state index contributed by atoms with van der Waals surface area (Å²) in [5.74, 6) is 1.35. The molecule has 0 radical (unpaired) electrons. The Labute approximate surface area is 216 Å². The summed E-state index contributed by atoms with van der Waals surface area (Å²) in [5.41, 5.74) is 7.30. The fraction of sp³-hybridized carbons (Fsp3) is 0.214. The Morgan fingerprint density at radius 1 is 0.946 bits per heavy atom. The van der Waals surface area contributed by atoms with Crippen molar-refractivity contribution in [2.75, 3.05) is 13.1 Å². The summed E-state index contributed by atoms with van der Waals surface area (Å²) < 4.78 is 13.7. The summed E-state index contributed by atoms with van der Waals surface area (Å²) in [7, 11) is 0. The summed E-state index contributed by atoms with van der Waals surface area (Å²) in [5, 5.41) is 11.9. The number of thiophene rings is 1. The molecule has 7 nitrogen and oxygen atoms in total. The molecule has 3 N–H and O–H groups in total. The van der Waals surface area contributed by atoms with Crippen molar-refractivity contribution < 1.29 is 4.39 Å². The van der Waals surface area contributed by atoms with E-state index in [9.17, 15) is 4.39 Å². The summed E-state index contributed by atoms with van der Waals surface area (Å²) in [6.45, 7) is 2.20. The molecule has 1 aliphatic heterocycles. The first kappa shape index (κ1) is 22.3. The van der Waals surface area contributed by atoms with Crippen LogP contribution < -0.4 is 5.32 Å². The first-order valence-corrected chi connectivity index (χ1v) is 13.3. The largest absolute Gasteiger partial charge is 0.336 e. The molecule has 1 aliphatic rings. The average Bonchev–Trinajstić information content (AvgIpc) is 3.66. The molecule has 37 heavy (non-hydrogen) atoms. The minimum atomic E-state index is -0.246. The maximum atomic E-state index is 13.7. The number of hydrogen-bond acceptors (Lipinski definition) is 6. The second kappa shape index (κ2) is 9.17. The van der Waals surface area contributed by atoms with E-state index in [2.05, 4.69) is 48.7 Å². The van der Waals surface area contributed by atoms with Crippen LogP contribution in [0.3, 0.4) is 0 Å². The number of hydrogen-bond donors (Lipinski definition) is 3. The van der Waals surface area contributed by atoms with Crippen molar-refractivity contribution in [3.05, 3.63) is 71.7 Å². The van der Waals surface area contributed by atoms with Gasteiger partial charge in [-0.1, -0.05) is 6.07 Å². The van der Waals surface area contributed by atoms with Crippen molar-refractivity contribution in [1.82, 2.24) is 35.5 Å². The Balaban J connectivity index is 1.26. The van der Waals surface area contributed by atoms with Crippen LogP contribution in [0.4, 0.5) is 4.39 Å². The lowest BCUT2D eigenvalue weighted by Crippen LogP contribution is -2.28. The fourth-order valence-corrected chi connectivity index (χ4v) is 5.95. The van der Waals surface area contributed by atoms with Crippen molar-refractivity contribution >= 4 is 33.3 Å². The van der Waals surface area contributed by atoms with Gasteiger partial charge in [0.15, 0.2) is 11.0 Å². The molecule has 1 fully saturated rings. The SMILES string of the molecule is Fc1ccc(-c2nccc3[nH]c(-c4n[nH]c5ccc(-c6cncc(CC7CCNCC7)c6)cc45)nc23)s1. The lowest BCUT2D eigenvalue weighted by atomic mass is 9.91. The number of nitrogens with zero attached hydrogens (tertiary/aromatic N) is 4. The molecule has 1 aromatic carbocycles. The summed E-state index contributed by atoms with van der Waals surface area (Å²) >= 11 is 1.06. The summed E-state index contributed by atoms with van der Waals surface area (Å²) in [4.78, 5) is 18.0. The highest BCUT2D eigenvalue weighted by molar-refractivity contribution is 7.13. The number of piperidine rings is 1. The number of halogens is 1. The van der Waals surface area contributed by atoms with E-state index in [1.54, 1.807) is 12.3 Å². The second-order valence-corrected chi connectivity index (χ2v) is 10.6. The number of imidazole rings is 1. The number of nitrogens with one attached hydrogen (secondary N) is 3. The molecule has 0 atom stereocenters. The van der Waals surface area contributed by atoms with E-state index in [0.717, 1.165) is 69.0 Å². The molecule has 0 unspecified atom stereocenters. The molecule has 184 valence electrons. The van der Waals surface area contributed by atoms with Crippen molar-refractivity contribution in [2.45, 2.75) is 19.3 Å². The van der Waals surface area contributed by atoms with Gasteiger partial charge in [0.1, 0.15) is 16.9 Å². The van der Waals surface area contributed by atoms with E-state index < -0.39 is 0 Å². The first-order chi connectivity index (χ1) is 18.2. The van der Waals surface area contributed by atoms with Gasteiger partial charge in [0.05, 0.1) is 15.9 Å². The van der Waals surface area contributed by atoms with Gasteiger partial charge >= 0.3 is 0 Å². The van der Waals surface area contributed by atoms with Crippen LogP contribution in [-0.2, 0) is 6.42 Å². The zero-order valence-electron chi connectivity index (χ0n) is 20.0. The van der Waals surface area contributed by atoms with E-state index >= 15 is 0 Å². The van der Waals surface area contributed by atoms with Crippen LogP contribution in [-0.4, -0.2) is 43.2 Å². The Kier molecular flexibility index (Phi) is 5.52. The normalized spacial score (nSPS) is 14.6. The van der Waals surface area contributed by atoms with E-state index in [-0.39, 0.29) is 5.13 Å². The van der Waals surface area contributed by atoms with Gasteiger partial charge in [0, 0.05) is 29.5 Å². The second-order valence-electron chi connectivity index (χ2n) is 9.56. The number of H-pyrrole nitrogens is 2. The van der Waals surface area contributed by atoms with Crippen LogP contribution >= 0.6 is 11.3 Å². The molecular formula is C28H24FN7S. The average molecular weight is 510 g/mol. The molecule has 9 heteroatoms. The van der Waals surface area contributed by atoms with Gasteiger partial charge in [-0.2, -0.15) is 9.49 Å². The highest BCUT2D eigenvalue weighted by Gasteiger charge is 2.18. The van der Waals surface area contributed by atoms with Gasteiger partial charge in [0.25, 0.3) is 0 Å². The first-order valence-electron chi connectivity index (χ1n) is 12.5. The van der Waals surface area contributed by atoms with Crippen molar-refractivity contribution in [3.63, 3.8) is 0 Å². The van der Waals surface area contributed by atoms with Crippen molar-refractivity contribution in [2.24, 2.45) is 5.92 Å². The van der Waals surface area contributed by atoms with Crippen LogP contribution in [0.1, 0.15) is 18.4 Å². The van der Waals surface area contributed by atoms with Crippen LogP contribution in [0.5, 0.6) is 0 Å². The monoisotopic (exact) mass is 509 g/mol. The Bertz CT molecular complexity index is 1730. The van der Waals surface area contributed by atoms with E-state index in [1.807, 2.05) is 24.5 Å². The van der Waals surface area contributed by atoms with Crippen LogP contribution in [0.15, 0.2) is 61.1 Å². The number of rotatable bonds is 5. The predicted octanol–water partition coefficient (Wildman–Crippen LogP) is 5.97. The zero-order chi connectivity index (χ0) is 24.8. The van der Waals surface area contributed by atoms with Crippen molar-refractivity contribution in [3.8, 4) is 33.2 Å². The molecule has 1 saturated heterocycles. The van der Waals surface area contributed by atoms with E-state index in [0.29, 0.717) is 23.0 Å². The van der Waals surface area contributed by atoms with Crippen LogP contribution in [0.25, 0.3) is 55.2 Å². The molecule has 0 amide bonds. The van der Waals surface area contributed by atoms with E-state index in [1.165, 1.54) is 24.5 Å². The standard InChI is InChI=1S/C28H24FN7S/c29-24-4-3-23(37-24)27-26-22(7-10-32-27)33-28(34-26)25-20-13-18(1-2-21(20)35-36-25)19-12-17(14-31-15-19)11-16-5-8-30-9-6-16/h1-4,7,10,12-16,30H,5-6,8-9,11H2,(H,33,34)(H,35,36). The van der Waals surface area contributed by atoms with Gasteiger partial charge in [-0.05, 0) is 85.8 Å². The number of aromatic amines is 2. The molecule has 6 aromatic rings. The predicted molar refractivity (Wildman–Crippen MR) is 145 cm³/mol. The van der Waals surface area contributed by atoms with Crippen LogP contribution in [0.2, 0.25) is 0 Å². The summed E-state index contributed by atoms with van der Waals surface area (Å²) in [6, 6.07) is 13.6. The lowest BCUT2D eigenvalue weighted by molar-refractivity contribution is 0.372. The van der Waals surface area contributed by atoms with Gasteiger partial charge in [-0.25, -0.2) is 4.98 Å². The Hall–Kier alpha value is -3.95. The lowest BCUT2D eigenvalue weighted by Gasteiger charge is -2.22. The molecule has 7 rings (SSSR count). The minimum Gasteiger partial charge on any atom is -0.336 e. The van der Waals surface area contributed by atoms with Crippen molar-refractivity contribution in [1.29, 1.82) is 0 Å².